The van der Waals surface area contributed by atoms with Crippen LogP contribution in [-0.2, 0) is 50.9 Å². The summed E-state index contributed by atoms with van der Waals surface area (Å²) >= 11 is 0. The minimum Gasteiger partial charge on any atom is -0.475 e. The average Bonchev–Trinajstić information content (AvgIpc) is 1.66. The van der Waals surface area contributed by atoms with Gasteiger partial charge in [0.25, 0.3) is 31.1 Å². The van der Waals surface area contributed by atoms with E-state index in [1.54, 1.807) is 59.4 Å². The summed E-state index contributed by atoms with van der Waals surface area (Å²) in [6, 6.07) is 73.4. The molecule has 9 saturated heterocycles. The van der Waals surface area contributed by atoms with E-state index < -0.39 is 79.9 Å². The first-order chi connectivity index (χ1) is 65.4. The first-order valence-electron chi connectivity index (χ1n) is 48.2. The van der Waals surface area contributed by atoms with Crippen LogP contribution in [0.2, 0.25) is 37.8 Å². The van der Waals surface area contributed by atoms with Crippen molar-refractivity contribution in [3.8, 4) is 11.9 Å². The van der Waals surface area contributed by atoms with Crippen LogP contribution in [0.3, 0.4) is 0 Å². The van der Waals surface area contributed by atoms with Crippen molar-refractivity contribution in [1.82, 2.24) is 52.6 Å². The zero-order chi connectivity index (χ0) is 94.2. The predicted molar refractivity (Wildman–Crippen MR) is 534 cm³/mol. The minimum absolute atomic E-state index is 0.0853. The van der Waals surface area contributed by atoms with E-state index in [0.717, 1.165) is 95.6 Å². The lowest BCUT2D eigenvalue weighted by molar-refractivity contribution is -0.119. The number of nitrogens with one attached hydrogen (secondary N) is 3. The van der Waals surface area contributed by atoms with Crippen molar-refractivity contribution in [3.63, 3.8) is 0 Å². The molecule has 9 aliphatic heterocycles. The molecule has 10 aromatic rings. The lowest BCUT2D eigenvalue weighted by Crippen LogP contribution is -2.58. The van der Waals surface area contributed by atoms with Gasteiger partial charge in [-0.3, -0.25) is 38.4 Å². The number of H-pyrrole nitrogens is 1. The summed E-state index contributed by atoms with van der Waals surface area (Å²) in [5.41, 5.74) is 0.118. The van der Waals surface area contributed by atoms with Crippen molar-refractivity contribution in [1.29, 1.82) is 5.26 Å². The Balaban J connectivity index is 0.000000142. The molecule has 0 bridgehead atoms. The molecule has 3 N–H and O–H groups in total. The van der Waals surface area contributed by atoms with E-state index in [2.05, 4.69) is 278 Å². The van der Waals surface area contributed by atoms with Gasteiger partial charge in [-0.15, -0.1) is 0 Å². The molecule has 35 heteroatoms. The average molecular weight is 1940 g/mol. The van der Waals surface area contributed by atoms with E-state index in [4.69, 9.17) is 51.4 Å². The van der Waals surface area contributed by atoms with Gasteiger partial charge in [0.15, 0.2) is 11.2 Å². The van der Waals surface area contributed by atoms with Crippen LogP contribution >= 0.6 is 25.6 Å². The molecule has 9 aliphatic rings. The Morgan fingerprint density at radius 2 is 0.874 bits per heavy atom. The smallest absolute Gasteiger partial charge is 0.351 e. The van der Waals surface area contributed by atoms with Crippen molar-refractivity contribution in [2.45, 2.75) is 268 Å². The Labute approximate surface area is 797 Å². The maximum Gasteiger partial charge on any atom is 0.351 e. The molecule has 0 radical (unpaired) electrons. The molecular weight excluding hydrogens is 1810 g/mol. The number of amides is 2. The second-order valence-electron chi connectivity index (χ2n) is 38.0. The van der Waals surface area contributed by atoms with Crippen molar-refractivity contribution in [2.75, 3.05) is 36.9 Å². The van der Waals surface area contributed by atoms with E-state index >= 15 is 0 Å². The molecule has 4 aromatic heterocycles. The molecule has 0 saturated carbocycles. The Hall–Kier alpha value is -8.88. The van der Waals surface area contributed by atoms with Crippen LogP contribution in [0.5, 0.6) is 5.88 Å². The van der Waals surface area contributed by atoms with Crippen molar-refractivity contribution in [2.24, 2.45) is 11.8 Å². The van der Waals surface area contributed by atoms with E-state index in [9.17, 15) is 24.0 Å². The third-order valence-electron chi connectivity index (χ3n) is 28.4. The summed E-state index contributed by atoms with van der Waals surface area (Å²) in [5.74, 6) is -0.293. The zero-order valence-corrected chi connectivity index (χ0v) is 84.7. The maximum absolute atomic E-state index is 12.9. The standard InChI is InChI=1S/C37H46N7O5PSi.C33H43N4O5PSi.C30H38N3O5PSi/c1-5-29-30(22-32(47-29)43-24-39-33-34(43)40-37(41-35(45)25(2)3)42-36(33)46-21-13-19-38)48-50-44-20-12-18-28(44)31(49-50)23-51(4,26-14-8-6-9-15-26)27-16-10-7-11-17-27;1-5-27-28(21-31(40-27)36-20-18-30(35-33(36)39)34-32(38)23(2)3)41-43-37-19-12-17-26(37)29(42-43)22-44(4,24-13-8-6-9-14-24)25-15-10-7-11-16-25;1-4-25-26(18-28(36-25)32-19-21(2)29(34)31-30(32)35)37-39-33-17-11-16-24(33)27(38-39)20-40(3,22-12-7-5-8-13-22)23-14-9-6-10-15-23/h6-11,14-17,24-25,28-32H,5,12-13,18,20-23H2,1-4H3,(H,40,41,42,45);6-11,13-16,18,20,23,26-29,31H,5,12,17,19,21-22H2,1-4H3,(H,34,35,38,39);5-10,12-15,19,24-28H,4,11,16-18,20H2,1-3H3,(H,31,34,35)/t28-,29-,30?,31+,32-,50-;26-,27-,28?,29+,31-,43-;24-,25+,26?,27+,28+,39-/m110/s1. The van der Waals surface area contributed by atoms with Crippen molar-refractivity contribution < 1.29 is 55.7 Å². The largest absolute Gasteiger partial charge is 0.475 e. The summed E-state index contributed by atoms with van der Waals surface area (Å²) < 4.78 is 78.6. The number of carbonyl (C=O) groups excluding carboxylic acids is 2. The van der Waals surface area contributed by atoms with E-state index in [0.29, 0.717) is 54.1 Å². The highest BCUT2D eigenvalue weighted by Crippen LogP contribution is 2.62. The number of hydrogen-bond donors (Lipinski definition) is 3. The van der Waals surface area contributed by atoms with E-state index in [1.807, 2.05) is 4.57 Å². The number of hydrogen-bond acceptors (Lipinski definition) is 23. The highest BCUT2D eigenvalue weighted by Gasteiger charge is 2.56. The number of fused-ring (bicyclic) bond motifs is 4. The lowest BCUT2D eigenvalue weighted by Gasteiger charge is -2.32. The third kappa shape index (κ3) is 21.5. The molecule has 0 spiro atoms. The highest BCUT2D eigenvalue weighted by atomic mass is 31.2. The molecule has 18 atom stereocenters. The summed E-state index contributed by atoms with van der Waals surface area (Å²) in [6.45, 7) is 25.6. The molecule has 13 heterocycles. The number of carbonyl (C=O) groups is 2. The minimum atomic E-state index is -2.13. The Bertz CT molecular complexity index is 5790. The summed E-state index contributed by atoms with van der Waals surface area (Å²) in [6.07, 6.45) is 13.7. The SMILES string of the molecule is CC[C@H]1O[C@@H](n2cc(C)c(=O)[nH]c2=O)CC1O[P@@]1O[C@H](C[Si](C)(c2ccccc2)c2ccccc2)[C@@H]2CCCN21.CC[C@H]1O[C@@H](n2ccc(NC(=O)C(C)C)nc2=O)CC1O[P@]1O[C@@H](C[Si](C)(c2ccccc2)c2ccccc2)[C@H]2CCCN21.CC[C@H]1O[C@@H](n2cnc3c(OCCC#N)nc(NC(=O)C(C)C)nc32)CC1O[P@]1O[C@@H](C[Si](C)(c2ccccc2)c2ccccc2)[C@H]2CCCN21. The Morgan fingerprint density at radius 3 is 1.24 bits per heavy atom. The van der Waals surface area contributed by atoms with E-state index in [1.165, 1.54) is 40.3 Å². The number of aromatic nitrogens is 8. The van der Waals surface area contributed by atoms with Crippen molar-refractivity contribution in [3.05, 3.63) is 244 Å². The molecule has 3 unspecified atom stereocenters. The van der Waals surface area contributed by atoms with Gasteiger partial charge >= 0.3 is 11.4 Å². The van der Waals surface area contributed by atoms with Gasteiger partial charge in [0.2, 0.25) is 23.6 Å². The van der Waals surface area contributed by atoms with Gasteiger partial charge in [-0.1, -0.05) is 281 Å². The number of nitrogens with zero attached hydrogens (tertiary/aromatic N) is 11. The summed E-state index contributed by atoms with van der Waals surface area (Å²) in [4.78, 5) is 82.2. The fourth-order valence-electron chi connectivity index (χ4n) is 20.7. The van der Waals surface area contributed by atoms with Gasteiger partial charge in [0.05, 0.1) is 73.8 Å². The Kier molecular flexibility index (Phi) is 31.6. The second-order valence-corrected chi connectivity index (χ2v) is 54.9. The molecular formula is C100H127N14O15P3Si3. The van der Waals surface area contributed by atoms with Gasteiger partial charge in [0, 0.05) is 86.8 Å². The zero-order valence-electron chi connectivity index (χ0n) is 79.0. The predicted octanol–water partition coefficient (Wildman–Crippen LogP) is 14.6. The topological polar surface area (TPSA) is 317 Å². The second kappa shape index (κ2) is 43.7. The van der Waals surface area contributed by atoms with Gasteiger partial charge in [0.1, 0.15) is 55.3 Å². The normalized spacial score (nSPS) is 26.8. The molecule has 0 aliphatic carbocycles. The highest BCUT2D eigenvalue weighted by molar-refractivity contribution is 7.45. The number of benzene rings is 6. The molecule has 19 rings (SSSR count). The van der Waals surface area contributed by atoms with Crippen LogP contribution in [0.15, 0.2) is 221 Å². The lowest BCUT2D eigenvalue weighted by atomic mass is 10.1. The van der Waals surface area contributed by atoms with Gasteiger partial charge in [-0.05, 0) is 88.9 Å². The quantitative estimate of drug-likeness (QED) is 0.0206. The van der Waals surface area contributed by atoms with Crippen LogP contribution < -0.4 is 63.4 Å². The third-order valence-corrected chi connectivity index (χ3v) is 47.2. The molecule has 29 nitrogen and oxygen atoms in total. The number of ether oxygens (including phenoxy) is 4. The number of anilines is 2. The van der Waals surface area contributed by atoms with Gasteiger partial charge in [-0.25, -0.2) is 28.6 Å². The fraction of sp³-hybridized carbons (Fsp3) is 0.480. The first kappa shape index (κ1) is 97.8. The number of aryl methyl sites for hydroxylation is 1. The van der Waals surface area contributed by atoms with Crippen LogP contribution in [0, 0.1) is 30.1 Å². The summed E-state index contributed by atoms with van der Waals surface area (Å²) in [5, 5.41) is 23.0. The van der Waals surface area contributed by atoms with Crippen LogP contribution in [0.4, 0.5) is 11.8 Å². The molecule has 135 heavy (non-hydrogen) atoms. The van der Waals surface area contributed by atoms with E-state index in [-0.39, 0.29) is 115 Å². The monoisotopic (exact) mass is 1940 g/mol. The molecule has 9 fully saturated rings. The van der Waals surface area contributed by atoms with Gasteiger partial charge in [-0.2, -0.15) is 20.2 Å². The van der Waals surface area contributed by atoms with Crippen LogP contribution in [0.25, 0.3) is 11.2 Å². The number of imidazole rings is 1. The number of rotatable bonds is 31. The maximum atomic E-state index is 12.9. The van der Waals surface area contributed by atoms with Gasteiger partial charge < -0.3 is 51.4 Å². The number of aromatic amines is 1. The first-order valence-corrected chi connectivity index (χ1v) is 59.7. The fourth-order valence-corrected chi connectivity index (χ4v) is 38.6. The molecule has 714 valence electrons. The molecule has 6 aromatic carbocycles. The molecule has 2 amide bonds. The number of nitriles is 1. The van der Waals surface area contributed by atoms with Crippen molar-refractivity contribution >= 4 is 116 Å². The summed E-state index contributed by atoms with van der Waals surface area (Å²) in [7, 11) is -10.1. The van der Waals surface area contributed by atoms with Crippen LogP contribution in [0.1, 0.15) is 156 Å². The Morgan fingerprint density at radius 1 is 0.504 bits per heavy atom. The van der Waals surface area contributed by atoms with Crippen LogP contribution in [-0.4, -0.2) is 188 Å².